The van der Waals surface area contributed by atoms with Gasteiger partial charge in [-0.25, -0.2) is 18.2 Å². The van der Waals surface area contributed by atoms with Gasteiger partial charge in [-0.05, 0) is 62.6 Å². The van der Waals surface area contributed by atoms with Crippen molar-refractivity contribution in [2.45, 2.75) is 107 Å². The molecule has 3 fully saturated rings. The normalized spacial score (nSPS) is 25.9. The van der Waals surface area contributed by atoms with Crippen molar-refractivity contribution in [2.24, 2.45) is 5.92 Å². The van der Waals surface area contributed by atoms with Gasteiger partial charge in [0, 0.05) is 35.9 Å². The summed E-state index contributed by atoms with van der Waals surface area (Å²) >= 11 is 0. The fraction of sp³-hybridized carbons (Fsp3) is 0.488. The highest BCUT2D eigenvalue weighted by Crippen LogP contribution is 2.45. The molecule has 4 bridgehead atoms. The smallest absolute Gasteiger partial charge is 0.315 e. The molecule has 1 saturated heterocycles. The number of carbonyl (C=O) groups is 4. The summed E-state index contributed by atoms with van der Waals surface area (Å²) < 4.78 is 34.5. The van der Waals surface area contributed by atoms with Crippen LogP contribution in [0.25, 0.3) is 22.2 Å². The molecule has 5 atom stereocenters. The van der Waals surface area contributed by atoms with E-state index < -0.39 is 68.7 Å². The number of unbranched alkanes of at least 4 members (excludes halogenated alkanes) is 1. The average molecular weight is 771 g/mol. The quantitative estimate of drug-likeness (QED) is 0.218. The molecule has 2 aromatic carbocycles. The second-order valence-electron chi connectivity index (χ2n) is 15.3. The van der Waals surface area contributed by atoms with Gasteiger partial charge in [0.05, 0.1) is 23.0 Å². The molecule has 292 valence electrons. The number of ether oxygens (including phenoxy) is 1. The molecule has 4 aliphatic rings. The van der Waals surface area contributed by atoms with Gasteiger partial charge in [-0.15, -0.1) is 6.58 Å². The maximum atomic E-state index is 14.5. The van der Waals surface area contributed by atoms with Crippen LogP contribution in [0.3, 0.4) is 0 Å². The van der Waals surface area contributed by atoms with Crippen molar-refractivity contribution in [3.8, 4) is 17.0 Å². The van der Waals surface area contributed by atoms with E-state index in [2.05, 4.69) is 39.4 Å². The van der Waals surface area contributed by atoms with Crippen molar-refractivity contribution >= 4 is 44.7 Å². The highest BCUT2D eigenvalue weighted by atomic mass is 32.2. The van der Waals surface area contributed by atoms with Crippen LogP contribution in [0.1, 0.15) is 76.7 Å². The average Bonchev–Trinajstić information content (AvgIpc) is 4.11. The lowest BCUT2D eigenvalue weighted by molar-refractivity contribution is -0.141. The summed E-state index contributed by atoms with van der Waals surface area (Å²) in [6.07, 6.45) is 7.31. The van der Waals surface area contributed by atoms with Crippen molar-refractivity contribution in [1.82, 2.24) is 30.6 Å². The Kier molecular flexibility index (Phi) is 11.2. The topological polar surface area (TPSA) is 176 Å². The monoisotopic (exact) mass is 770 g/mol. The van der Waals surface area contributed by atoms with Crippen molar-refractivity contribution < 1.29 is 32.3 Å². The first kappa shape index (κ1) is 38.3. The van der Waals surface area contributed by atoms with Crippen LogP contribution >= 0.6 is 0 Å². The number of aromatic nitrogens is 1. The zero-order chi connectivity index (χ0) is 38.7. The summed E-state index contributed by atoms with van der Waals surface area (Å²) in [5, 5.41) is 8.79. The Balaban J connectivity index is 1.24. The minimum Gasteiger partial charge on any atom is -0.488 e. The number of benzene rings is 2. The Labute approximate surface area is 322 Å². The molecule has 2 aliphatic heterocycles. The maximum Gasteiger partial charge on any atom is 0.315 e. The lowest BCUT2D eigenvalue weighted by atomic mass is 10.0. The number of hydrogen-bond donors (Lipinski definition) is 4. The van der Waals surface area contributed by atoms with E-state index in [9.17, 15) is 27.6 Å². The Morgan fingerprint density at radius 2 is 1.89 bits per heavy atom. The number of pyridine rings is 1. The molecular weight excluding hydrogens is 721 g/mol. The molecule has 14 heteroatoms. The molecule has 3 heterocycles. The van der Waals surface area contributed by atoms with Gasteiger partial charge in [0.25, 0.3) is 5.91 Å². The molecule has 0 spiro atoms. The number of hydrogen-bond acceptors (Lipinski definition) is 8. The predicted molar refractivity (Wildman–Crippen MR) is 208 cm³/mol. The number of carbonyl (C=O) groups excluding carboxylic acids is 4. The number of nitrogens with one attached hydrogen (secondary N) is 4. The Hall–Kier alpha value is -4.98. The molecule has 2 aliphatic carbocycles. The molecule has 7 rings (SSSR count). The third-order valence-corrected chi connectivity index (χ3v) is 13.0. The van der Waals surface area contributed by atoms with Crippen LogP contribution in [0.5, 0.6) is 5.75 Å². The van der Waals surface area contributed by atoms with E-state index in [0.29, 0.717) is 43.7 Å². The number of nitrogens with zero attached hydrogens (tertiary/aromatic N) is 2. The van der Waals surface area contributed by atoms with E-state index in [4.69, 9.17) is 9.72 Å². The number of rotatable bonds is 10. The third kappa shape index (κ3) is 8.48. The summed E-state index contributed by atoms with van der Waals surface area (Å²) in [4.78, 5) is 62.0. The van der Waals surface area contributed by atoms with E-state index in [0.717, 1.165) is 54.1 Å². The van der Waals surface area contributed by atoms with Crippen LogP contribution in [0.4, 0.5) is 4.79 Å². The fourth-order valence-electron chi connectivity index (χ4n) is 7.73. The number of amides is 5. The zero-order valence-electron chi connectivity index (χ0n) is 31.2. The van der Waals surface area contributed by atoms with E-state index in [1.807, 2.05) is 49.4 Å². The number of aryl methyl sites for hydroxylation is 1. The Morgan fingerprint density at radius 3 is 2.62 bits per heavy atom. The summed E-state index contributed by atoms with van der Waals surface area (Å²) in [6.45, 7) is 6.28. The Morgan fingerprint density at radius 1 is 1.09 bits per heavy atom. The van der Waals surface area contributed by atoms with Crippen LogP contribution in [0.2, 0.25) is 0 Å². The maximum absolute atomic E-state index is 14.5. The first-order chi connectivity index (χ1) is 26.5. The molecule has 4 N–H and O–H groups in total. The lowest BCUT2D eigenvalue weighted by Gasteiger charge is -2.30. The summed E-state index contributed by atoms with van der Waals surface area (Å²) in [5.41, 5.74) is 1.96. The van der Waals surface area contributed by atoms with Crippen LogP contribution in [0.15, 0.2) is 67.3 Å². The largest absolute Gasteiger partial charge is 0.488 e. The van der Waals surface area contributed by atoms with Gasteiger partial charge in [0.2, 0.25) is 21.8 Å². The van der Waals surface area contributed by atoms with Crippen molar-refractivity contribution in [1.29, 1.82) is 0 Å². The first-order valence-electron chi connectivity index (χ1n) is 19.5. The van der Waals surface area contributed by atoms with Gasteiger partial charge in [-0.2, -0.15) is 0 Å². The standard InChI is InChI=1S/C41H50N6O7S/c1-3-5-15-33-38(49)47-25-29(22-35(47)37(48)45-41(24-28(41)4-2)39(50)46-55(52,53)30-17-18-30)54-36-23-34(27-13-9-6-10-14-27)43-32-19-16-26(21-31(32)36)12-8-7-11-20-42-40(51)44-33/h4,6,9-10,13-14,16,19,21,23,28-30,33,35H,2-3,5,7-8,11-12,15,17-18,20,22,24-25H2,1H3,(H,45,48)(H,46,50)(H2,42,44,51)/t28-,29+,33-,35-,41+/m0/s1. The van der Waals surface area contributed by atoms with Gasteiger partial charge >= 0.3 is 6.03 Å². The van der Waals surface area contributed by atoms with Crippen LogP contribution in [0, 0.1) is 5.92 Å². The molecule has 2 saturated carbocycles. The second kappa shape index (κ2) is 16.0. The van der Waals surface area contributed by atoms with E-state index in [1.54, 1.807) is 0 Å². The van der Waals surface area contributed by atoms with Gasteiger partial charge in [0.15, 0.2) is 0 Å². The second-order valence-corrected chi connectivity index (χ2v) is 17.3. The molecule has 55 heavy (non-hydrogen) atoms. The molecule has 3 aromatic rings. The van der Waals surface area contributed by atoms with E-state index in [1.165, 1.54) is 11.0 Å². The third-order valence-electron chi connectivity index (χ3n) is 11.2. The minimum absolute atomic E-state index is 0.0349. The van der Waals surface area contributed by atoms with Gasteiger partial charge in [-0.1, -0.05) is 68.7 Å². The Bertz CT molecular complexity index is 2070. The van der Waals surface area contributed by atoms with Crippen molar-refractivity contribution in [3.05, 3.63) is 72.8 Å². The van der Waals surface area contributed by atoms with Crippen molar-refractivity contribution in [2.75, 3.05) is 13.1 Å². The van der Waals surface area contributed by atoms with Gasteiger partial charge in [-0.3, -0.25) is 19.1 Å². The van der Waals surface area contributed by atoms with E-state index in [-0.39, 0.29) is 19.4 Å². The number of urea groups is 1. The van der Waals surface area contributed by atoms with E-state index >= 15 is 0 Å². The highest BCUT2D eigenvalue weighted by molar-refractivity contribution is 7.91. The highest BCUT2D eigenvalue weighted by Gasteiger charge is 2.62. The van der Waals surface area contributed by atoms with Crippen molar-refractivity contribution in [3.63, 3.8) is 0 Å². The molecule has 13 nitrogen and oxygen atoms in total. The fourth-order valence-corrected chi connectivity index (χ4v) is 9.10. The van der Waals surface area contributed by atoms with Gasteiger partial charge in [0.1, 0.15) is 29.5 Å². The van der Waals surface area contributed by atoms with Crippen LogP contribution in [-0.4, -0.2) is 84.1 Å². The first-order valence-corrected chi connectivity index (χ1v) is 21.1. The molecular formula is C41H50N6O7S. The van der Waals surface area contributed by atoms with Crippen LogP contribution < -0.4 is 25.4 Å². The molecule has 5 amide bonds. The summed E-state index contributed by atoms with van der Waals surface area (Å²) in [6, 6.07) is 15.4. The number of sulfonamides is 1. The van der Waals surface area contributed by atoms with Gasteiger partial charge < -0.3 is 25.6 Å². The molecule has 1 aromatic heterocycles. The minimum atomic E-state index is -3.89. The summed E-state index contributed by atoms with van der Waals surface area (Å²) in [7, 11) is -3.89. The number of fused-ring (bicyclic) bond motifs is 3. The predicted octanol–water partition coefficient (Wildman–Crippen LogP) is 4.50. The zero-order valence-corrected chi connectivity index (χ0v) is 32.0. The molecule has 0 unspecified atom stereocenters. The summed E-state index contributed by atoms with van der Waals surface area (Å²) in [5.74, 6) is -1.79. The van der Waals surface area contributed by atoms with Crippen LogP contribution in [-0.2, 0) is 30.8 Å². The SMILES string of the molecule is C=C[C@H]1C[C@]1(NC(=O)[C@@H]1C[C@@H]2CN1C(=O)[C@H](CCCC)NC(=O)NCCCCCc1ccc3nc(-c4ccccc4)cc(c3c1)O2)C(=O)NS(=O)(=O)C1CC1. The lowest BCUT2D eigenvalue weighted by Crippen LogP contribution is -2.58. The molecule has 0 radical (unpaired) electrons.